The lowest BCUT2D eigenvalue weighted by atomic mass is 10.1. The number of hydrogen-bond acceptors (Lipinski definition) is 3. The minimum Gasteiger partial charge on any atom is -0.355 e. The van der Waals surface area contributed by atoms with Gasteiger partial charge in [0, 0.05) is 19.6 Å². The number of likely N-dealkylation sites (N-methyl/N-ethyl adjacent to an activating group) is 1. The number of nitrogens with zero attached hydrogens (tertiary/aromatic N) is 1. The van der Waals surface area contributed by atoms with Crippen LogP contribution in [0.4, 0.5) is 0 Å². The fourth-order valence-electron chi connectivity index (χ4n) is 1.80. The van der Waals surface area contributed by atoms with Gasteiger partial charge in [-0.25, -0.2) is 0 Å². The third-order valence-corrected chi connectivity index (χ3v) is 3.28. The molecule has 19 heavy (non-hydrogen) atoms. The highest BCUT2D eigenvalue weighted by Gasteiger charge is 2.17. The van der Waals surface area contributed by atoms with Gasteiger partial charge in [0.15, 0.2) is 0 Å². The highest BCUT2D eigenvalue weighted by molar-refractivity contribution is 5.81. The van der Waals surface area contributed by atoms with E-state index >= 15 is 0 Å². The largest absolute Gasteiger partial charge is 0.355 e. The number of rotatable bonds is 7. The van der Waals surface area contributed by atoms with Gasteiger partial charge in [-0.05, 0) is 31.5 Å². The van der Waals surface area contributed by atoms with E-state index in [1.54, 1.807) is 0 Å². The molecule has 0 bridgehead atoms. The SMILES string of the molecule is CCCNC(=O)C(C)N(C)Cc1ccc(CN)cc1. The van der Waals surface area contributed by atoms with Crippen molar-refractivity contribution in [2.24, 2.45) is 5.73 Å². The molecule has 4 nitrogen and oxygen atoms in total. The smallest absolute Gasteiger partial charge is 0.237 e. The first-order chi connectivity index (χ1) is 9.08. The number of nitrogens with two attached hydrogens (primary N) is 1. The Bertz CT molecular complexity index is 389. The van der Waals surface area contributed by atoms with Crippen LogP contribution in [0.3, 0.4) is 0 Å². The van der Waals surface area contributed by atoms with Crippen molar-refractivity contribution in [2.45, 2.75) is 39.4 Å². The fourth-order valence-corrected chi connectivity index (χ4v) is 1.80. The molecule has 1 aromatic rings. The molecule has 0 aliphatic carbocycles. The summed E-state index contributed by atoms with van der Waals surface area (Å²) in [5.74, 6) is 0.0860. The molecule has 0 aliphatic rings. The summed E-state index contributed by atoms with van der Waals surface area (Å²) in [6, 6.07) is 8.07. The molecule has 1 unspecified atom stereocenters. The van der Waals surface area contributed by atoms with E-state index in [4.69, 9.17) is 5.73 Å². The van der Waals surface area contributed by atoms with Crippen LogP contribution < -0.4 is 11.1 Å². The quantitative estimate of drug-likeness (QED) is 0.783. The Morgan fingerprint density at radius 3 is 2.42 bits per heavy atom. The van der Waals surface area contributed by atoms with E-state index < -0.39 is 0 Å². The Labute approximate surface area is 116 Å². The second-order valence-corrected chi connectivity index (χ2v) is 4.90. The number of nitrogens with one attached hydrogen (secondary N) is 1. The molecule has 0 saturated carbocycles. The third kappa shape index (κ3) is 5.01. The lowest BCUT2D eigenvalue weighted by Gasteiger charge is -2.24. The van der Waals surface area contributed by atoms with Crippen LogP contribution in [0.25, 0.3) is 0 Å². The maximum absolute atomic E-state index is 11.9. The Hall–Kier alpha value is -1.39. The predicted octanol–water partition coefficient (Wildman–Crippen LogP) is 1.49. The summed E-state index contributed by atoms with van der Waals surface area (Å²) in [6.07, 6.45) is 0.961. The second kappa shape index (κ2) is 7.92. The van der Waals surface area contributed by atoms with Crippen LogP contribution in [0, 0.1) is 0 Å². The standard InChI is InChI=1S/C15H25N3O/c1-4-9-17-15(19)12(2)18(3)11-14-7-5-13(10-16)6-8-14/h5-8,12H,4,9-11,16H2,1-3H3,(H,17,19). The molecule has 3 N–H and O–H groups in total. The van der Waals surface area contributed by atoms with Crippen molar-refractivity contribution in [1.29, 1.82) is 0 Å². The molecule has 0 heterocycles. The van der Waals surface area contributed by atoms with E-state index in [0.29, 0.717) is 6.54 Å². The van der Waals surface area contributed by atoms with E-state index in [0.717, 1.165) is 25.1 Å². The number of carbonyl (C=O) groups is 1. The molecule has 0 radical (unpaired) electrons. The van der Waals surface area contributed by atoms with Crippen molar-refractivity contribution in [2.75, 3.05) is 13.6 Å². The van der Waals surface area contributed by atoms with Gasteiger partial charge >= 0.3 is 0 Å². The topological polar surface area (TPSA) is 58.4 Å². The first kappa shape index (κ1) is 15.7. The summed E-state index contributed by atoms with van der Waals surface area (Å²) in [7, 11) is 1.97. The maximum Gasteiger partial charge on any atom is 0.237 e. The fraction of sp³-hybridized carbons (Fsp3) is 0.533. The molecule has 1 amide bonds. The van der Waals surface area contributed by atoms with Gasteiger partial charge in [0.05, 0.1) is 6.04 Å². The summed E-state index contributed by atoms with van der Waals surface area (Å²) in [5.41, 5.74) is 7.89. The molecule has 1 aromatic carbocycles. The van der Waals surface area contributed by atoms with Gasteiger partial charge in [-0.15, -0.1) is 0 Å². The Balaban J connectivity index is 2.52. The van der Waals surface area contributed by atoms with E-state index in [-0.39, 0.29) is 11.9 Å². The lowest BCUT2D eigenvalue weighted by molar-refractivity contribution is -0.125. The van der Waals surface area contributed by atoms with Crippen molar-refractivity contribution in [3.8, 4) is 0 Å². The van der Waals surface area contributed by atoms with E-state index in [1.807, 2.05) is 37.9 Å². The van der Waals surface area contributed by atoms with E-state index in [9.17, 15) is 4.79 Å². The minimum atomic E-state index is -0.124. The van der Waals surface area contributed by atoms with E-state index in [2.05, 4.69) is 17.4 Å². The second-order valence-electron chi connectivity index (χ2n) is 4.90. The summed E-state index contributed by atoms with van der Waals surface area (Å²) in [5, 5.41) is 2.92. The maximum atomic E-state index is 11.9. The van der Waals surface area contributed by atoms with Gasteiger partial charge in [0.25, 0.3) is 0 Å². The molecule has 0 aromatic heterocycles. The summed E-state index contributed by atoms with van der Waals surface area (Å²) >= 11 is 0. The van der Waals surface area contributed by atoms with Gasteiger partial charge in [-0.1, -0.05) is 31.2 Å². The molecular formula is C15H25N3O. The number of carbonyl (C=O) groups excluding carboxylic acids is 1. The first-order valence-electron chi connectivity index (χ1n) is 6.84. The van der Waals surface area contributed by atoms with Gasteiger partial charge in [0.1, 0.15) is 0 Å². The predicted molar refractivity (Wildman–Crippen MR) is 78.6 cm³/mol. The summed E-state index contributed by atoms with van der Waals surface area (Å²) in [6.45, 7) is 6.03. The molecule has 0 fully saturated rings. The average molecular weight is 263 g/mol. The molecule has 1 rings (SSSR count). The summed E-state index contributed by atoms with van der Waals surface area (Å²) < 4.78 is 0. The van der Waals surface area contributed by atoms with Crippen LogP contribution in [0.1, 0.15) is 31.4 Å². The Kier molecular flexibility index (Phi) is 6.53. The molecule has 1 atom stereocenters. The minimum absolute atomic E-state index is 0.0860. The van der Waals surface area contributed by atoms with Crippen molar-refractivity contribution >= 4 is 5.91 Å². The first-order valence-corrected chi connectivity index (χ1v) is 6.84. The highest BCUT2D eigenvalue weighted by Crippen LogP contribution is 2.08. The number of amides is 1. The molecule has 0 aliphatic heterocycles. The molecule has 0 spiro atoms. The zero-order valence-corrected chi connectivity index (χ0v) is 12.1. The van der Waals surface area contributed by atoms with Crippen LogP contribution in [-0.4, -0.2) is 30.4 Å². The Morgan fingerprint density at radius 1 is 1.32 bits per heavy atom. The number of benzene rings is 1. The summed E-state index contributed by atoms with van der Waals surface area (Å²) in [4.78, 5) is 13.9. The van der Waals surface area contributed by atoms with Gasteiger partial charge in [-0.3, -0.25) is 9.69 Å². The van der Waals surface area contributed by atoms with Crippen LogP contribution in [0.2, 0.25) is 0 Å². The molecule has 0 saturated heterocycles. The average Bonchev–Trinajstić information content (AvgIpc) is 2.44. The lowest BCUT2D eigenvalue weighted by Crippen LogP contribution is -2.43. The normalized spacial score (nSPS) is 12.5. The van der Waals surface area contributed by atoms with Crippen LogP contribution in [-0.2, 0) is 17.9 Å². The van der Waals surface area contributed by atoms with Gasteiger partial charge < -0.3 is 11.1 Å². The molecule has 4 heteroatoms. The zero-order valence-electron chi connectivity index (χ0n) is 12.1. The molecule has 106 valence electrons. The van der Waals surface area contributed by atoms with Crippen molar-refractivity contribution in [3.63, 3.8) is 0 Å². The van der Waals surface area contributed by atoms with Crippen molar-refractivity contribution < 1.29 is 4.79 Å². The van der Waals surface area contributed by atoms with Crippen LogP contribution in [0.15, 0.2) is 24.3 Å². The zero-order chi connectivity index (χ0) is 14.3. The van der Waals surface area contributed by atoms with Crippen LogP contribution >= 0.6 is 0 Å². The van der Waals surface area contributed by atoms with Crippen molar-refractivity contribution in [3.05, 3.63) is 35.4 Å². The number of hydrogen-bond donors (Lipinski definition) is 2. The third-order valence-electron chi connectivity index (χ3n) is 3.28. The Morgan fingerprint density at radius 2 is 1.89 bits per heavy atom. The van der Waals surface area contributed by atoms with Crippen LogP contribution in [0.5, 0.6) is 0 Å². The van der Waals surface area contributed by atoms with Crippen molar-refractivity contribution in [1.82, 2.24) is 10.2 Å². The highest BCUT2D eigenvalue weighted by atomic mass is 16.2. The monoisotopic (exact) mass is 263 g/mol. The van der Waals surface area contributed by atoms with E-state index in [1.165, 1.54) is 5.56 Å². The van der Waals surface area contributed by atoms with Gasteiger partial charge in [-0.2, -0.15) is 0 Å². The molecular weight excluding hydrogens is 238 g/mol. The van der Waals surface area contributed by atoms with Gasteiger partial charge in [0.2, 0.25) is 5.91 Å².